The second-order valence-corrected chi connectivity index (χ2v) is 8.70. The lowest BCUT2D eigenvalue weighted by Crippen LogP contribution is -1.90. The average Bonchev–Trinajstić information content (AvgIpc) is 2.88. The van der Waals surface area contributed by atoms with Gasteiger partial charge in [-0.05, 0) is 61.5 Å². The van der Waals surface area contributed by atoms with Crippen molar-refractivity contribution >= 4 is 33.1 Å². The predicted molar refractivity (Wildman–Crippen MR) is 143 cm³/mol. The van der Waals surface area contributed by atoms with Crippen LogP contribution in [0.5, 0.6) is 0 Å². The van der Waals surface area contributed by atoms with Crippen molar-refractivity contribution in [3.05, 3.63) is 132 Å². The minimum Gasteiger partial charge on any atom is -0.0836 e. The summed E-state index contributed by atoms with van der Waals surface area (Å²) >= 11 is 6.84. The fourth-order valence-corrected chi connectivity index (χ4v) is 5.07. The topological polar surface area (TPSA) is 0 Å². The Morgan fingerprint density at radius 2 is 1.06 bits per heavy atom. The van der Waals surface area contributed by atoms with Crippen LogP contribution in [-0.2, 0) is 0 Å². The highest BCUT2D eigenvalue weighted by Gasteiger charge is 2.15. The Labute approximate surface area is 198 Å². The van der Waals surface area contributed by atoms with Gasteiger partial charge in [0.1, 0.15) is 0 Å². The maximum atomic E-state index is 6.84. The summed E-state index contributed by atoms with van der Waals surface area (Å²) in [6.07, 6.45) is 0. The van der Waals surface area contributed by atoms with Gasteiger partial charge in [-0.1, -0.05) is 127 Å². The molecule has 0 bridgehead atoms. The largest absolute Gasteiger partial charge is 0.0836 e. The molecule has 0 heterocycles. The first kappa shape index (κ1) is 19.8. The average molecular weight is 441 g/mol. The highest BCUT2D eigenvalue weighted by Crippen LogP contribution is 2.42. The van der Waals surface area contributed by atoms with Gasteiger partial charge in [0.2, 0.25) is 0 Å². The molecule has 0 saturated carbocycles. The molecule has 6 aromatic rings. The van der Waals surface area contributed by atoms with Gasteiger partial charge in [-0.25, -0.2) is 0 Å². The van der Waals surface area contributed by atoms with Crippen LogP contribution in [0.15, 0.2) is 127 Å². The summed E-state index contributed by atoms with van der Waals surface area (Å²) in [5.41, 5.74) is 7.00. The van der Waals surface area contributed by atoms with Crippen molar-refractivity contribution in [1.29, 1.82) is 0 Å². The van der Waals surface area contributed by atoms with Crippen molar-refractivity contribution in [3.8, 4) is 33.4 Å². The smallest absolute Gasteiger partial charge is 0.0490 e. The summed E-state index contributed by atoms with van der Waals surface area (Å²) in [5.74, 6) is 0. The first-order valence-electron chi connectivity index (χ1n) is 11.1. The molecule has 156 valence electrons. The van der Waals surface area contributed by atoms with Crippen LogP contribution in [0.25, 0.3) is 54.9 Å². The van der Waals surface area contributed by atoms with Gasteiger partial charge in [0, 0.05) is 10.6 Å². The minimum atomic E-state index is 0.763. The number of halogens is 1. The van der Waals surface area contributed by atoms with E-state index in [1.54, 1.807) is 0 Å². The molecule has 0 radical (unpaired) electrons. The molecule has 0 aromatic heterocycles. The molecule has 0 aliphatic carbocycles. The normalized spacial score (nSPS) is 11.2. The Balaban J connectivity index is 1.61. The van der Waals surface area contributed by atoms with E-state index in [9.17, 15) is 0 Å². The summed E-state index contributed by atoms with van der Waals surface area (Å²) in [4.78, 5) is 0. The van der Waals surface area contributed by atoms with Gasteiger partial charge in [0.25, 0.3) is 0 Å². The van der Waals surface area contributed by atoms with E-state index in [1.807, 2.05) is 12.1 Å². The monoisotopic (exact) mass is 440 g/mol. The van der Waals surface area contributed by atoms with Crippen LogP contribution in [-0.4, -0.2) is 0 Å². The van der Waals surface area contributed by atoms with E-state index in [4.69, 9.17) is 11.6 Å². The lowest BCUT2D eigenvalue weighted by molar-refractivity contribution is 1.60. The molecule has 0 unspecified atom stereocenters. The van der Waals surface area contributed by atoms with Gasteiger partial charge in [-0.15, -0.1) is 0 Å². The van der Waals surface area contributed by atoms with Crippen molar-refractivity contribution in [1.82, 2.24) is 0 Å². The molecular formula is C32H21Cl. The molecule has 0 fully saturated rings. The van der Waals surface area contributed by atoms with Crippen molar-refractivity contribution in [2.75, 3.05) is 0 Å². The van der Waals surface area contributed by atoms with Gasteiger partial charge < -0.3 is 0 Å². The molecule has 0 N–H and O–H groups in total. The molecule has 0 nitrogen and oxygen atoms in total. The van der Waals surface area contributed by atoms with Crippen LogP contribution in [0.4, 0.5) is 0 Å². The fourth-order valence-electron chi connectivity index (χ4n) is 4.79. The molecule has 0 aliphatic rings. The third-order valence-electron chi connectivity index (χ3n) is 6.35. The third kappa shape index (κ3) is 3.50. The second kappa shape index (κ2) is 8.24. The molecule has 1 heteroatoms. The lowest BCUT2D eigenvalue weighted by Gasteiger charge is -2.17. The molecule has 0 aliphatic heterocycles. The summed E-state index contributed by atoms with van der Waals surface area (Å²) < 4.78 is 0. The second-order valence-electron chi connectivity index (χ2n) is 8.30. The summed E-state index contributed by atoms with van der Waals surface area (Å²) in [6, 6.07) is 44.9. The first-order valence-corrected chi connectivity index (χ1v) is 11.5. The van der Waals surface area contributed by atoms with E-state index >= 15 is 0 Å². The standard InChI is InChI=1S/C32H21Cl/c33-31-16-8-15-30(32(31)25-18-17-22-9-4-5-12-24(22)21-25)29-20-19-26(23-10-2-1-3-11-23)27-13-6-7-14-28(27)29/h1-21H. The quantitative estimate of drug-likeness (QED) is 0.257. The van der Waals surface area contributed by atoms with E-state index < -0.39 is 0 Å². The number of hydrogen-bond donors (Lipinski definition) is 0. The molecule has 0 amide bonds. The van der Waals surface area contributed by atoms with Crippen molar-refractivity contribution in [2.24, 2.45) is 0 Å². The van der Waals surface area contributed by atoms with Crippen LogP contribution in [0.2, 0.25) is 5.02 Å². The summed E-state index contributed by atoms with van der Waals surface area (Å²) in [5, 5.41) is 5.67. The van der Waals surface area contributed by atoms with E-state index in [-0.39, 0.29) is 0 Å². The Morgan fingerprint density at radius 3 is 1.88 bits per heavy atom. The Morgan fingerprint density at radius 1 is 0.394 bits per heavy atom. The molecule has 0 saturated heterocycles. The van der Waals surface area contributed by atoms with Gasteiger partial charge in [-0.3, -0.25) is 0 Å². The molecule has 33 heavy (non-hydrogen) atoms. The van der Waals surface area contributed by atoms with Gasteiger partial charge in [0.05, 0.1) is 0 Å². The molecule has 0 spiro atoms. The van der Waals surface area contributed by atoms with Crippen LogP contribution >= 0.6 is 11.6 Å². The van der Waals surface area contributed by atoms with Crippen LogP contribution in [0.1, 0.15) is 0 Å². The first-order chi connectivity index (χ1) is 16.3. The molecule has 6 rings (SSSR count). The number of benzene rings is 6. The van der Waals surface area contributed by atoms with Crippen LogP contribution < -0.4 is 0 Å². The molecule has 0 atom stereocenters. The number of rotatable bonds is 3. The molecule has 6 aromatic carbocycles. The van der Waals surface area contributed by atoms with Gasteiger partial charge in [-0.2, -0.15) is 0 Å². The maximum absolute atomic E-state index is 6.84. The third-order valence-corrected chi connectivity index (χ3v) is 6.67. The zero-order chi connectivity index (χ0) is 22.2. The number of hydrogen-bond acceptors (Lipinski definition) is 0. The van der Waals surface area contributed by atoms with Crippen LogP contribution in [0, 0.1) is 0 Å². The Hall–Kier alpha value is -3.87. The highest BCUT2D eigenvalue weighted by atomic mass is 35.5. The summed E-state index contributed by atoms with van der Waals surface area (Å²) in [6.45, 7) is 0. The van der Waals surface area contributed by atoms with E-state index in [2.05, 4.69) is 115 Å². The zero-order valence-corrected chi connectivity index (χ0v) is 18.8. The van der Waals surface area contributed by atoms with E-state index in [1.165, 1.54) is 38.2 Å². The SMILES string of the molecule is Clc1cccc(-c2ccc(-c3ccccc3)c3ccccc23)c1-c1ccc2ccccc2c1. The minimum absolute atomic E-state index is 0.763. The molecular weight excluding hydrogens is 420 g/mol. The van der Waals surface area contributed by atoms with E-state index in [0.29, 0.717) is 0 Å². The lowest BCUT2D eigenvalue weighted by atomic mass is 9.88. The van der Waals surface area contributed by atoms with Crippen molar-refractivity contribution < 1.29 is 0 Å². The number of fused-ring (bicyclic) bond motifs is 2. The maximum Gasteiger partial charge on any atom is 0.0490 e. The Bertz CT molecular complexity index is 1610. The van der Waals surface area contributed by atoms with E-state index in [0.717, 1.165) is 21.7 Å². The van der Waals surface area contributed by atoms with Crippen molar-refractivity contribution in [2.45, 2.75) is 0 Å². The zero-order valence-electron chi connectivity index (χ0n) is 18.0. The fraction of sp³-hybridized carbons (Fsp3) is 0. The van der Waals surface area contributed by atoms with Crippen molar-refractivity contribution in [3.63, 3.8) is 0 Å². The summed E-state index contributed by atoms with van der Waals surface area (Å²) in [7, 11) is 0. The van der Waals surface area contributed by atoms with Gasteiger partial charge >= 0.3 is 0 Å². The predicted octanol–water partition coefficient (Wildman–Crippen LogP) is 9.65. The van der Waals surface area contributed by atoms with Crippen LogP contribution in [0.3, 0.4) is 0 Å². The van der Waals surface area contributed by atoms with Gasteiger partial charge in [0.15, 0.2) is 0 Å². The Kier molecular flexibility index (Phi) is 4.94. The highest BCUT2D eigenvalue weighted by molar-refractivity contribution is 6.34.